The van der Waals surface area contributed by atoms with Crippen molar-refractivity contribution in [1.29, 1.82) is 0 Å². The topological polar surface area (TPSA) is 121 Å². The van der Waals surface area contributed by atoms with Crippen molar-refractivity contribution in [2.45, 2.75) is 6.92 Å². The van der Waals surface area contributed by atoms with Crippen LogP contribution in [0, 0.1) is 6.92 Å². The van der Waals surface area contributed by atoms with Crippen LogP contribution in [-0.2, 0) is 9.53 Å². The highest BCUT2D eigenvalue weighted by Gasteiger charge is 2.17. The minimum atomic E-state index is -0.487. The van der Waals surface area contributed by atoms with E-state index in [0.717, 1.165) is 17.0 Å². The van der Waals surface area contributed by atoms with E-state index in [2.05, 4.69) is 30.6 Å². The van der Waals surface area contributed by atoms with Gasteiger partial charge in [0.1, 0.15) is 17.0 Å². The molecule has 0 saturated carbocycles. The summed E-state index contributed by atoms with van der Waals surface area (Å²) in [6.07, 6.45) is 1.47. The normalized spacial score (nSPS) is 10.4. The third-order valence-electron chi connectivity index (χ3n) is 3.23. The van der Waals surface area contributed by atoms with Gasteiger partial charge in [-0.1, -0.05) is 11.3 Å². The van der Waals surface area contributed by atoms with Crippen LogP contribution in [0.15, 0.2) is 30.6 Å². The number of methoxy groups -OCH3 is 1. The number of carbonyl (C=O) groups is 2. The molecule has 0 fully saturated rings. The first kappa shape index (κ1) is 17.5. The van der Waals surface area contributed by atoms with Crippen LogP contribution < -0.4 is 10.1 Å². The summed E-state index contributed by atoms with van der Waals surface area (Å²) < 4.78 is 11.6. The van der Waals surface area contributed by atoms with Crippen molar-refractivity contribution in [3.8, 4) is 11.4 Å². The summed E-state index contributed by atoms with van der Waals surface area (Å²) in [6, 6.07) is 6.92. The second-order valence-corrected chi connectivity index (χ2v) is 6.01. The largest absolute Gasteiger partial charge is 0.484 e. The number of aryl methyl sites for hydroxylation is 1. The van der Waals surface area contributed by atoms with Crippen LogP contribution in [0.3, 0.4) is 0 Å². The number of thiazole rings is 1. The van der Waals surface area contributed by atoms with E-state index in [9.17, 15) is 9.59 Å². The van der Waals surface area contributed by atoms with Gasteiger partial charge in [-0.2, -0.15) is 0 Å². The average Bonchev–Trinajstić information content (AvgIpc) is 3.30. The van der Waals surface area contributed by atoms with Crippen molar-refractivity contribution in [3.63, 3.8) is 0 Å². The smallest absolute Gasteiger partial charge is 0.350 e. The minimum absolute atomic E-state index is 0.198. The fourth-order valence-corrected chi connectivity index (χ4v) is 2.91. The van der Waals surface area contributed by atoms with E-state index in [1.807, 2.05) is 0 Å². The molecular formula is C15H14N6O4S. The molecule has 10 nitrogen and oxygen atoms in total. The van der Waals surface area contributed by atoms with Crippen LogP contribution in [0.2, 0.25) is 0 Å². The summed E-state index contributed by atoms with van der Waals surface area (Å²) in [5.41, 5.74) is 1.26. The molecule has 2 heterocycles. The van der Waals surface area contributed by atoms with Gasteiger partial charge in [0.2, 0.25) is 0 Å². The molecule has 1 aromatic carbocycles. The Bertz CT molecular complexity index is 907. The Labute approximate surface area is 151 Å². The number of nitrogens with one attached hydrogen (secondary N) is 1. The highest BCUT2D eigenvalue weighted by Crippen LogP contribution is 2.23. The molecule has 0 aliphatic carbocycles. The third-order valence-corrected chi connectivity index (χ3v) is 4.29. The number of ether oxygens (including phenoxy) is 2. The number of amides is 1. The number of benzene rings is 1. The Morgan fingerprint density at radius 3 is 2.69 bits per heavy atom. The van der Waals surface area contributed by atoms with Crippen LogP contribution in [0.25, 0.3) is 5.69 Å². The molecular weight excluding hydrogens is 360 g/mol. The number of aromatic nitrogens is 5. The number of hydrogen-bond acceptors (Lipinski definition) is 9. The predicted octanol–water partition coefficient (Wildman–Crippen LogP) is 1.23. The average molecular weight is 374 g/mol. The molecule has 1 amide bonds. The number of rotatable bonds is 6. The number of anilines is 1. The molecule has 0 spiro atoms. The zero-order chi connectivity index (χ0) is 18.5. The zero-order valence-electron chi connectivity index (χ0n) is 13.9. The predicted molar refractivity (Wildman–Crippen MR) is 91.5 cm³/mol. The van der Waals surface area contributed by atoms with Crippen molar-refractivity contribution >= 4 is 28.3 Å². The monoisotopic (exact) mass is 374 g/mol. The fourth-order valence-electron chi connectivity index (χ4n) is 2.01. The fraction of sp³-hybridized carbons (Fsp3) is 0.200. The number of esters is 1. The standard InChI is InChI=1S/C15H14N6O4S/c1-9-13(14(23)24-2)26-15(17-9)18-12(22)7-25-11-5-3-10(4-6-11)21-8-16-19-20-21/h3-6,8H,7H2,1-2H3,(H,17,18,22). The first-order chi connectivity index (χ1) is 12.6. The molecule has 3 rings (SSSR count). The summed E-state index contributed by atoms with van der Waals surface area (Å²) in [5, 5.41) is 13.8. The molecule has 0 atom stereocenters. The molecule has 134 valence electrons. The van der Waals surface area contributed by atoms with Gasteiger partial charge in [0.15, 0.2) is 11.7 Å². The minimum Gasteiger partial charge on any atom is -0.484 e. The lowest BCUT2D eigenvalue weighted by molar-refractivity contribution is -0.118. The SMILES string of the molecule is COC(=O)c1sc(NC(=O)COc2ccc(-n3cnnn3)cc2)nc1C. The second kappa shape index (κ2) is 7.70. The van der Waals surface area contributed by atoms with Crippen LogP contribution >= 0.6 is 11.3 Å². The molecule has 0 bridgehead atoms. The lowest BCUT2D eigenvalue weighted by Gasteiger charge is -2.06. The second-order valence-electron chi connectivity index (χ2n) is 5.01. The lowest BCUT2D eigenvalue weighted by Crippen LogP contribution is -2.20. The number of hydrogen-bond donors (Lipinski definition) is 1. The van der Waals surface area contributed by atoms with Gasteiger partial charge in [0.05, 0.1) is 18.5 Å². The molecule has 0 unspecified atom stereocenters. The summed E-state index contributed by atoms with van der Waals surface area (Å²) in [6.45, 7) is 1.47. The molecule has 0 radical (unpaired) electrons. The van der Waals surface area contributed by atoms with E-state index in [4.69, 9.17) is 4.74 Å². The molecule has 1 N–H and O–H groups in total. The molecule has 0 aliphatic heterocycles. The first-order valence-corrected chi connectivity index (χ1v) is 8.20. The van der Waals surface area contributed by atoms with E-state index in [0.29, 0.717) is 21.5 Å². The quantitative estimate of drug-likeness (QED) is 0.640. The van der Waals surface area contributed by atoms with Gasteiger partial charge in [-0.25, -0.2) is 14.5 Å². The van der Waals surface area contributed by atoms with Crippen LogP contribution in [0.4, 0.5) is 5.13 Å². The Balaban J connectivity index is 1.55. The van der Waals surface area contributed by atoms with Gasteiger partial charge in [-0.3, -0.25) is 10.1 Å². The van der Waals surface area contributed by atoms with E-state index in [-0.39, 0.29) is 12.5 Å². The summed E-state index contributed by atoms with van der Waals surface area (Å²) >= 11 is 1.05. The summed E-state index contributed by atoms with van der Waals surface area (Å²) in [5.74, 6) is -0.360. The van der Waals surface area contributed by atoms with Crippen LogP contribution in [-0.4, -0.2) is 50.8 Å². The van der Waals surface area contributed by atoms with Gasteiger partial charge in [-0.05, 0) is 41.6 Å². The van der Waals surface area contributed by atoms with Gasteiger partial charge >= 0.3 is 5.97 Å². The Hall–Kier alpha value is -3.34. The highest BCUT2D eigenvalue weighted by molar-refractivity contribution is 7.17. The number of carbonyl (C=O) groups excluding carboxylic acids is 2. The maximum atomic E-state index is 12.0. The Morgan fingerprint density at radius 1 is 1.27 bits per heavy atom. The van der Waals surface area contributed by atoms with Crippen molar-refractivity contribution in [3.05, 3.63) is 41.2 Å². The summed E-state index contributed by atoms with van der Waals surface area (Å²) in [4.78, 5) is 28.0. The van der Waals surface area contributed by atoms with Gasteiger partial charge in [-0.15, -0.1) is 5.10 Å². The van der Waals surface area contributed by atoms with E-state index in [1.165, 1.54) is 18.1 Å². The van der Waals surface area contributed by atoms with E-state index < -0.39 is 5.97 Å². The number of nitrogens with zero attached hydrogens (tertiary/aromatic N) is 5. The van der Waals surface area contributed by atoms with Crippen molar-refractivity contribution in [2.75, 3.05) is 19.0 Å². The zero-order valence-corrected chi connectivity index (χ0v) is 14.7. The third kappa shape index (κ3) is 4.00. The van der Waals surface area contributed by atoms with Crippen molar-refractivity contribution < 1.29 is 19.1 Å². The molecule has 0 aliphatic rings. The Kier molecular flexibility index (Phi) is 5.17. The highest BCUT2D eigenvalue weighted by atomic mass is 32.1. The van der Waals surface area contributed by atoms with Gasteiger partial charge in [0.25, 0.3) is 5.91 Å². The summed E-state index contributed by atoms with van der Waals surface area (Å²) in [7, 11) is 1.29. The molecule has 3 aromatic rings. The molecule has 0 saturated heterocycles. The van der Waals surface area contributed by atoms with Crippen molar-refractivity contribution in [2.24, 2.45) is 0 Å². The lowest BCUT2D eigenvalue weighted by atomic mass is 10.3. The first-order valence-electron chi connectivity index (χ1n) is 7.38. The molecule has 26 heavy (non-hydrogen) atoms. The molecule has 2 aromatic heterocycles. The van der Waals surface area contributed by atoms with Gasteiger partial charge < -0.3 is 9.47 Å². The Morgan fingerprint density at radius 2 is 2.04 bits per heavy atom. The van der Waals surface area contributed by atoms with E-state index >= 15 is 0 Å². The molecule has 11 heteroatoms. The van der Waals surface area contributed by atoms with E-state index in [1.54, 1.807) is 31.2 Å². The van der Waals surface area contributed by atoms with Crippen LogP contribution in [0.1, 0.15) is 15.4 Å². The van der Waals surface area contributed by atoms with Crippen molar-refractivity contribution in [1.82, 2.24) is 25.2 Å². The number of tetrazole rings is 1. The maximum absolute atomic E-state index is 12.0. The maximum Gasteiger partial charge on any atom is 0.350 e. The van der Waals surface area contributed by atoms with Crippen LogP contribution in [0.5, 0.6) is 5.75 Å². The van der Waals surface area contributed by atoms with Gasteiger partial charge in [0, 0.05) is 0 Å².